The van der Waals surface area contributed by atoms with Gasteiger partial charge in [-0.2, -0.15) is 0 Å². The molecule has 1 aliphatic heterocycles. The van der Waals surface area contributed by atoms with E-state index in [0.717, 1.165) is 24.3 Å². The van der Waals surface area contributed by atoms with Crippen molar-refractivity contribution in [2.75, 3.05) is 23.3 Å². The van der Waals surface area contributed by atoms with Crippen LogP contribution in [0.3, 0.4) is 0 Å². The Morgan fingerprint density at radius 2 is 2.00 bits per heavy atom. The predicted molar refractivity (Wildman–Crippen MR) is 158 cm³/mol. The molecule has 3 aromatic heterocycles. The van der Waals surface area contributed by atoms with Crippen LogP contribution >= 0.6 is 0 Å². The van der Waals surface area contributed by atoms with Gasteiger partial charge in [0.05, 0.1) is 16.7 Å². The Morgan fingerprint density at radius 1 is 1.14 bits per heavy atom. The molecule has 1 fully saturated rings. The Bertz CT molecular complexity index is 1820. The van der Waals surface area contributed by atoms with Crippen molar-refractivity contribution in [2.45, 2.75) is 26.3 Å². The van der Waals surface area contributed by atoms with Gasteiger partial charge in [-0.25, -0.2) is 24.0 Å². The lowest BCUT2D eigenvalue weighted by molar-refractivity contribution is -0.117. The predicted octanol–water partition coefficient (Wildman–Crippen LogP) is 4.81. The average Bonchev–Trinajstić information content (AvgIpc) is 3.36. The maximum atomic E-state index is 15.6. The van der Waals surface area contributed by atoms with E-state index < -0.39 is 5.82 Å². The fraction of sp³-hybridized carbons (Fsp3) is 0.267. The molecule has 4 heterocycles. The molecule has 12 heteroatoms. The monoisotopic (exact) mass is 567 g/mol. The fourth-order valence-corrected chi connectivity index (χ4v) is 5.31. The van der Waals surface area contributed by atoms with Gasteiger partial charge in [-0.1, -0.05) is 18.7 Å². The average molecular weight is 568 g/mol. The van der Waals surface area contributed by atoms with Crippen molar-refractivity contribution in [3.05, 3.63) is 72.8 Å². The molecule has 1 amide bonds. The highest BCUT2D eigenvalue weighted by molar-refractivity contribution is 5.88. The third-order valence-electron chi connectivity index (χ3n) is 7.38. The lowest BCUT2D eigenvalue weighted by Crippen LogP contribution is -2.50. The topological polar surface area (TPSA) is 123 Å². The van der Waals surface area contributed by atoms with Crippen molar-refractivity contribution in [3.63, 3.8) is 0 Å². The van der Waals surface area contributed by atoms with Gasteiger partial charge < -0.3 is 20.3 Å². The van der Waals surface area contributed by atoms with E-state index in [1.54, 1.807) is 35.9 Å². The van der Waals surface area contributed by atoms with E-state index in [-0.39, 0.29) is 17.6 Å². The second-order valence-corrected chi connectivity index (χ2v) is 10.6. The Morgan fingerprint density at radius 3 is 2.83 bits per heavy atom. The van der Waals surface area contributed by atoms with Crippen LogP contribution in [-0.2, 0) is 11.8 Å². The zero-order valence-corrected chi connectivity index (χ0v) is 23.5. The molecule has 0 unspecified atom stereocenters. The van der Waals surface area contributed by atoms with Crippen LogP contribution in [0.4, 0.5) is 21.7 Å². The van der Waals surface area contributed by atoms with Gasteiger partial charge in [-0.3, -0.25) is 4.79 Å². The maximum Gasteiger partial charge on any atom is 0.243 e. The Hall–Kier alpha value is -5.13. The smallest absolute Gasteiger partial charge is 0.243 e. The van der Waals surface area contributed by atoms with E-state index in [2.05, 4.69) is 49.3 Å². The number of hydrogen-bond donors (Lipinski definition) is 2. The number of pyridine rings is 1. The van der Waals surface area contributed by atoms with E-state index in [9.17, 15) is 4.79 Å². The van der Waals surface area contributed by atoms with Crippen molar-refractivity contribution >= 4 is 45.3 Å². The van der Waals surface area contributed by atoms with Gasteiger partial charge in [-0.15, -0.1) is 5.10 Å². The molecule has 0 saturated carbocycles. The molecule has 0 aliphatic carbocycles. The molecular weight excluding hydrogens is 537 g/mol. The molecule has 2 N–H and O–H groups in total. The van der Waals surface area contributed by atoms with Crippen molar-refractivity contribution < 1.29 is 13.9 Å². The molecule has 11 nitrogen and oxygen atoms in total. The number of piperidine rings is 1. The summed E-state index contributed by atoms with van der Waals surface area (Å²) < 4.78 is 23.3. The molecule has 214 valence electrons. The molecule has 1 saturated heterocycles. The third-order valence-corrected chi connectivity index (χ3v) is 7.38. The minimum atomic E-state index is -0.471. The largest absolute Gasteiger partial charge is 0.457 e. The summed E-state index contributed by atoms with van der Waals surface area (Å²) in [4.78, 5) is 27.6. The second kappa shape index (κ2) is 11.0. The van der Waals surface area contributed by atoms with Crippen molar-refractivity contribution in [1.82, 2.24) is 35.3 Å². The molecule has 5 aromatic rings. The molecule has 42 heavy (non-hydrogen) atoms. The van der Waals surface area contributed by atoms with Crippen LogP contribution in [0.15, 0.2) is 61.4 Å². The third kappa shape index (κ3) is 5.30. The van der Waals surface area contributed by atoms with E-state index in [1.807, 2.05) is 25.2 Å². The summed E-state index contributed by atoms with van der Waals surface area (Å²) in [6, 6.07) is 12.5. The summed E-state index contributed by atoms with van der Waals surface area (Å²) >= 11 is 0. The maximum absolute atomic E-state index is 15.6. The number of benzene rings is 2. The van der Waals surface area contributed by atoms with Gasteiger partial charge in [0.15, 0.2) is 11.6 Å². The first-order valence-electron chi connectivity index (χ1n) is 13.6. The summed E-state index contributed by atoms with van der Waals surface area (Å²) in [6.07, 6.45) is 3.57. The highest BCUT2D eigenvalue weighted by Crippen LogP contribution is 2.34. The first-order chi connectivity index (χ1) is 20.3. The number of aryl methyl sites for hydroxylation is 1. The quantitative estimate of drug-likeness (QED) is 0.267. The lowest BCUT2D eigenvalue weighted by atomic mass is 9.96. The first-order valence-corrected chi connectivity index (χ1v) is 13.6. The van der Waals surface area contributed by atoms with Gasteiger partial charge >= 0.3 is 0 Å². The van der Waals surface area contributed by atoms with Crippen LogP contribution in [0.1, 0.15) is 18.9 Å². The van der Waals surface area contributed by atoms with Crippen LogP contribution in [0.2, 0.25) is 0 Å². The van der Waals surface area contributed by atoms with Crippen LogP contribution in [0, 0.1) is 18.7 Å². The number of nitrogens with one attached hydrogen (secondary N) is 2. The zero-order chi connectivity index (χ0) is 29.4. The molecule has 0 radical (unpaired) electrons. The summed E-state index contributed by atoms with van der Waals surface area (Å²) in [5, 5.41) is 14.2. The number of rotatable bonds is 7. The molecular formula is C30H30FN9O2. The number of carbonyl (C=O) groups excluding carboxylic acids is 1. The number of fused-ring (bicyclic) bond motifs is 2. The summed E-state index contributed by atoms with van der Waals surface area (Å²) in [6.45, 7) is 8.74. The van der Waals surface area contributed by atoms with Crippen molar-refractivity contribution in [3.8, 4) is 11.5 Å². The number of anilines is 3. The Labute approximate surface area is 241 Å². The highest BCUT2D eigenvalue weighted by atomic mass is 19.1. The molecule has 0 bridgehead atoms. The van der Waals surface area contributed by atoms with Crippen LogP contribution in [0.5, 0.6) is 11.5 Å². The van der Waals surface area contributed by atoms with Gasteiger partial charge in [0.25, 0.3) is 0 Å². The molecule has 2 atom stereocenters. The Kier molecular flexibility index (Phi) is 7.11. The van der Waals surface area contributed by atoms with E-state index in [0.29, 0.717) is 51.9 Å². The minimum Gasteiger partial charge on any atom is -0.457 e. The number of halogens is 1. The van der Waals surface area contributed by atoms with E-state index in [1.165, 1.54) is 12.4 Å². The number of hydrogen-bond acceptors (Lipinski definition) is 9. The van der Waals surface area contributed by atoms with E-state index >= 15 is 4.39 Å². The normalized spacial score (nSPS) is 16.9. The number of nitrogens with zero attached hydrogens (tertiary/aromatic N) is 7. The zero-order valence-electron chi connectivity index (χ0n) is 23.5. The lowest BCUT2D eigenvalue weighted by Gasteiger charge is -2.37. The molecule has 1 aliphatic rings. The van der Waals surface area contributed by atoms with Crippen molar-refractivity contribution in [2.24, 2.45) is 13.0 Å². The number of aromatic nitrogens is 6. The SMILES string of the molecule is C=CC(=O)N[C@H]1C[C@H](C)CN(c2ccc3ncnc(Nc4ccc(Oc5ccc6c(c5)nnn6C)c(C)c4F)c3n2)C1. The second-order valence-electron chi connectivity index (χ2n) is 10.6. The summed E-state index contributed by atoms with van der Waals surface area (Å²) in [7, 11) is 1.81. The van der Waals surface area contributed by atoms with Crippen LogP contribution < -0.4 is 20.3 Å². The number of carbonyl (C=O) groups is 1. The highest BCUT2D eigenvalue weighted by Gasteiger charge is 2.27. The van der Waals surface area contributed by atoms with Crippen LogP contribution in [-0.4, -0.2) is 55.0 Å². The molecule has 6 rings (SSSR count). The van der Waals surface area contributed by atoms with Gasteiger partial charge in [-0.05, 0) is 61.7 Å². The summed E-state index contributed by atoms with van der Waals surface area (Å²) in [5.41, 5.74) is 3.25. The number of amides is 1. The van der Waals surface area contributed by atoms with E-state index in [4.69, 9.17) is 9.72 Å². The summed E-state index contributed by atoms with van der Waals surface area (Å²) in [5.74, 6) is 1.70. The molecule has 2 aromatic carbocycles. The Balaban J connectivity index is 1.25. The van der Waals surface area contributed by atoms with Gasteiger partial charge in [0.2, 0.25) is 5.91 Å². The first kappa shape index (κ1) is 27.1. The van der Waals surface area contributed by atoms with Crippen LogP contribution in [0.25, 0.3) is 22.1 Å². The minimum absolute atomic E-state index is 0.0262. The van der Waals surface area contributed by atoms with Gasteiger partial charge in [0, 0.05) is 37.8 Å². The standard InChI is InChI=1S/C30H30FN9O2/c1-5-27(41)34-19-12-17(2)14-40(15-19)26-11-8-22-29(36-26)30(33-16-32-22)35-21-7-10-25(18(3)28(21)31)42-20-6-9-24-23(13-20)37-38-39(24)4/h5-11,13,16-17,19H,1,12,14-15H2,2-4H3,(H,34,41)(H,32,33,35)/t17-,19-/m0/s1. The molecule has 0 spiro atoms. The number of ether oxygens (including phenoxy) is 1. The van der Waals surface area contributed by atoms with Gasteiger partial charge in [0.1, 0.15) is 34.7 Å². The fourth-order valence-electron chi connectivity index (χ4n) is 5.31. The van der Waals surface area contributed by atoms with Crippen molar-refractivity contribution in [1.29, 1.82) is 0 Å².